The first-order valence-electron chi connectivity index (χ1n) is 6.75. The zero-order valence-electron chi connectivity index (χ0n) is 11.9. The molecule has 0 saturated heterocycles. The summed E-state index contributed by atoms with van der Waals surface area (Å²) in [5.41, 5.74) is 4.41. The quantitative estimate of drug-likeness (QED) is 0.723. The molecule has 0 fully saturated rings. The summed E-state index contributed by atoms with van der Waals surface area (Å²) < 4.78 is 0. The lowest BCUT2D eigenvalue weighted by Crippen LogP contribution is -2.23. The second-order valence-electron chi connectivity index (χ2n) is 5.19. The Balaban J connectivity index is 2.38. The number of aromatic nitrogens is 1. The molecule has 104 valence electrons. The van der Waals surface area contributed by atoms with Crippen molar-refractivity contribution in [1.29, 1.82) is 0 Å². The van der Waals surface area contributed by atoms with Crippen LogP contribution in [0.2, 0.25) is 0 Å². The van der Waals surface area contributed by atoms with Crippen molar-refractivity contribution in [2.45, 2.75) is 13.8 Å². The summed E-state index contributed by atoms with van der Waals surface area (Å²) in [5, 5.41) is 12.1. The van der Waals surface area contributed by atoms with Gasteiger partial charge in [-0.15, -0.1) is 0 Å². The van der Waals surface area contributed by atoms with Crippen LogP contribution >= 0.6 is 0 Å². The largest absolute Gasteiger partial charge is 0.545 e. The molecule has 0 unspecified atom stereocenters. The van der Waals surface area contributed by atoms with E-state index in [1.807, 2.05) is 56.3 Å². The highest BCUT2D eigenvalue weighted by molar-refractivity contribution is 6.03. The van der Waals surface area contributed by atoms with Crippen molar-refractivity contribution in [3.05, 3.63) is 65.2 Å². The maximum atomic E-state index is 11.5. The molecule has 3 rings (SSSR count). The van der Waals surface area contributed by atoms with E-state index in [4.69, 9.17) is 0 Å². The van der Waals surface area contributed by atoms with Gasteiger partial charge in [-0.3, -0.25) is 0 Å². The highest BCUT2D eigenvalue weighted by atomic mass is 16.4. The summed E-state index contributed by atoms with van der Waals surface area (Å²) in [7, 11) is 0. The zero-order valence-corrected chi connectivity index (χ0v) is 11.9. The zero-order chi connectivity index (χ0) is 15.0. The summed E-state index contributed by atoms with van der Waals surface area (Å²) in [5.74, 6) is -1.18. The number of aryl methyl sites for hydroxylation is 2. The first-order chi connectivity index (χ1) is 10.1. The Bertz CT molecular complexity index is 839. The number of carbonyl (C=O) groups is 1. The summed E-state index contributed by atoms with van der Waals surface area (Å²) in [6.45, 7) is 3.88. The topological polar surface area (TPSA) is 53.0 Å². The van der Waals surface area contributed by atoms with Gasteiger partial charge in [-0.05, 0) is 31.5 Å². The van der Waals surface area contributed by atoms with E-state index in [0.717, 1.165) is 16.7 Å². The predicted molar refractivity (Wildman–Crippen MR) is 81.0 cm³/mol. The Kier molecular flexibility index (Phi) is 3.18. The Morgan fingerprint density at radius 1 is 1.05 bits per heavy atom. The summed E-state index contributed by atoms with van der Waals surface area (Å²) in [4.78, 5) is 16.1. The van der Waals surface area contributed by atoms with Gasteiger partial charge in [-0.1, -0.05) is 42.0 Å². The Labute approximate surface area is 122 Å². The van der Waals surface area contributed by atoms with Gasteiger partial charge in [0, 0.05) is 16.5 Å². The molecule has 3 nitrogen and oxygen atoms in total. The molecule has 0 N–H and O–H groups in total. The lowest BCUT2D eigenvalue weighted by Gasteiger charge is -2.13. The normalized spacial score (nSPS) is 10.8. The van der Waals surface area contributed by atoms with Gasteiger partial charge in [0.1, 0.15) is 0 Å². The van der Waals surface area contributed by atoms with Crippen molar-refractivity contribution < 1.29 is 9.90 Å². The van der Waals surface area contributed by atoms with Crippen LogP contribution < -0.4 is 5.11 Å². The van der Waals surface area contributed by atoms with Gasteiger partial charge in [-0.25, -0.2) is 4.98 Å². The van der Waals surface area contributed by atoms with Gasteiger partial charge in [0.25, 0.3) is 0 Å². The SMILES string of the molecule is Cc1cc(C)c2nc(-c3ccccc3)cc(C(=O)[O-])c2c1. The number of fused-ring (bicyclic) bond motifs is 1. The molecule has 0 saturated carbocycles. The first-order valence-corrected chi connectivity index (χ1v) is 6.75. The molecular weight excluding hydrogens is 262 g/mol. The van der Waals surface area contributed by atoms with E-state index >= 15 is 0 Å². The van der Waals surface area contributed by atoms with Crippen LogP contribution in [-0.2, 0) is 0 Å². The van der Waals surface area contributed by atoms with Gasteiger partial charge in [0.05, 0.1) is 17.2 Å². The molecular formula is C18H14NO2-. The van der Waals surface area contributed by atoms with Crippen LogP contribution in [0.4, 0.5) is 0 Å². The van der Waals surface area contributed by atoms with E-state index in [2.05, 4.69) is 4.98 Å². The highest BCUT2D eigenvalue weighted by Crippen LogP contribution is 2.27. The molecule has 0 aliphatic rings. The second-order valence-corrected chi connectivity index (χ2v) is 5.19. The number of aromatic carboxylic acids is 1. The number of benzene rings is 2. The molecule has 1 aromatic heterocycles. The van der Waals surface area contributed by atoms with Crippen LogP contribution in [0.5, 0.6) is 0 Å². The summed E-state index contributed by atoms with van der Waals surface area (Å²) >= 11 is 0. The van der Waals surface area contributed by atoms with Crippen molar-refractivity contribution in [1.82, 2.24) is 4.98 Å². The Morgan fingerprint density at radius 2 is 1.76 bits per heavy atom. The third-order valence-electron chi connectivity index (χ3n) is 3.54. The Hall–Kier alpha value is -2.68. The van der Waals surface area contributed by atoms with Crippen LogP contribution in [0.1, 0.15) is 21.5 Å². The first kappa shape index (κ1) is 13.3. The minimum absolute atomic E-state index is 0.186. The highest BCUT2D eigenvalue weighted by Gasteiger charge is 2.10. The average Bonchev–Trinajstić information content (AvgIpc) is 2.47. The van der Waals surface area contributed by atoms with Crippen LogP contribution in [0.3, 0.4) is 0 Å². The lowest BCUT2D eigenvalue weighted by molar-refractivity contribution is -0.254. The van der Waals surface area contributed by atoms with Gasteiger partial charge >= 0.3 is 0 Å². The fourth-order valence-electron chi connectivity index (χ4n) is 2.61. The molecule has 3 heteroatoms. The average molecular weight is 276 g/mol. The van der Waals surface area contributed by atoms with E-state index in [0.29, 0.717) is 16.6 Å². The minimum atomic E-state index is -1.18. The van der Waals surface area contributed by atoms with Gasteiger partial charge in [0.15, 0.2) is 0 Å². The fraction of sp³-hybridized carbons (Fsp3) is 0.111. The summed E-state index contributed by atoms with van der Waals surface area (Å²) in [6, 6.07) is 15.0. The van der Waals surface area contributed by atoms with Crippen LogP contribution in [0.15, 0.2) is 48.5 Å². The molecule has 0 atom stereocenters. The molecule has 0 radical (unpaired) electrons. The molecule has 21 heavy (non-hydrogen) atoms. The third-order valence-corrected chi connectivity index (χ3v) is 3.54. The van der Waals surface area contributed by atoms with Crippen molar-refractivity contribution in [3.8, 4) is 11.3 Å². The van der Waals surface area contributed by atoms with E-state index in [1.165, 1.54) is 0 Å². The number of rotatable bonds is 2. The van der Waals surface area contributed by atoms with E-state index in [9.17, 15) is 9.90 Å². The van der Waals surface area contributed by atoms with E-state index in [1.54, 1.807) is 6.07 Å². The molecule has 3 aromatic rings. The van der Waals surface area contributed by atoms with Crippen LogP contribution in [0.25, 0.3) is 22.2 Å². The fourth-order valence-corrected chi connectivity index (χ4v) is 2.61. The number of carboxylic acid groups (broad SMARTS) is 1. The maximum Gasteiger partial charge on any atom is 0.0745 e. The number of hydrogen-bond acceptors (Lipinski definition) is 3. The molecule has 0 aliphatic heterocycles. The van der Waals surface area contributed by atoms with Crippen molar-refractivity contribution in [3.63, 3.8) is 0 Å². The van der Waals surface area contributed by atoms with Gasteiger partial charge < -0.3 is 9.90 Å². The monoisotopic (exact) mass is 276 g/mol. The van der Waals surface area contributed by atoms with Gasteiger partial charge in [0.2, 0.25) is 0 Å². The molecule has 0 spiro atoms. The van der Waals surface area contributed by atoms with Crippen molar-refractivity contribution >= 4 is 16.9 Å². The molecule has 1 heterocycles. The van der Waals surface area contributed by atoms with Crippen molar-refractivity contribution in [2.75, 3.05) is 0 Å². The Morgan fingerprint density at radius 3 is 2.43 bits per heavy atom. The number of pyridine rings is 1. The number of carbonyl (C=O) groups excluding carboxylic acids is 1. The van der Waals surface area contributed by atoms with E-state index in [-0.39, 0.29) is 5.56 Å². The third kappa shape index (κ3) is 2.38. The van der Waals surface area contributed by atoms with Crippen molar-refractivity contribution in [2.24, 2.45) is 0 Å². The number of nitrogens with zero attached hydrogens (tertiary/aromatic N) is 1. The smallest absolute Gasteiger partial charge is 0.0745 e. The summed E-state index contributed by atoms with van der Waals surface area (Å²) in [6.07, 6.45) is 0. The van der Waals surface area contributed by atoms with Crippen LogP contribution in [0, 0.1) is 13.8 Å². The van der Waals surface area contributed by atoms with Crippen LogP contribution in [-0.4, -0.2) is 11.0 Å². The second kappa shape index (κ2) is 5.02. The van der Waals surface area contributed by atoms with E-state index < -0.39 is 5.97 Å². The minimum Gasteiger partial charge on any atom is -0.545 e. The molecule has 2 aromatic carbocycles. The number of hydrogen-bond donors (Lipinski definition) is 0. The standard InChI is InChI=1S/C18H15NO2/c1-11-8-12(2)17-14(9-11)15(18(20)21)10-16(19-17)13-6-4-3-5-7-13/h3-10H,1-2H3,(H,20,21)/p-1. The van der Waals surface area contributed by atoms with Gasteiger partial charge in [-0.2, -0.15) is 0 Å². The molecule has 0 bridgehead atoms. The predicted octanol–water partition coefficient (Wildman–Crippen LogP) is 2.88. The maximum absolute atomic E-state index is 11.5. The number of carboxylic acids is 1. The lowest BCUT2D eigenvalue weighted by atomic mass is 10.00. The molecule has 0 aliphatic carbocycles. The molecule has 0 amide bonds.